The fraction of sp³-hybridized carbons (Fsp3) is 0.217. The van der Waals surface area contributed by atoms with Crippen molar-refractivity contribution in [2.45, 2.75) is 24.4 Å². The van der Waals surface area contributed by atoms with Crippen molar-refractivity contribution in [3.05, 3.63) is 71.9 Å². The minimum atomic E-state index is -0.968. The van der Waals surface area contributed by atoms with Crippen LogP contribution in [0.2, 0.25) is 0 Å². The maximum atomic E-state index is 14.3. The summed E-state index contributed by atoms with van der Waals surface area (Å²) in [5, 5.41) is 12.5. The Labute approximate surface area is 182 Å². The van der Waals surface area contributed by atoms with E-state index in [0.717, 1.165) is 16.5 Å². The monoisotopic (exact) mass is 434 g/mol. The molecule has 4 N–H and O–H groups in total. The predicted octanol–water partition coefficient (Wildman–Crippen LogP) is 3.74. The number of H-pyrrole nitrogens is 1. The molecule has 1 saturated carbocycles. The molecule has 0 bridgehead atoms. The van der Waals surface area contributed by atoms with Gasteiger partial charge in [-0.3, -0.25) is 9.78 Å². The van der Waals surface area contributed by atoms with Crippen LogP contribution in [0.3, 0.4) is 0 Å². The van der Waals surface area contributed by atoms with Gasteiger partial charge in [-0.1, -0.05) is 6.07 Å². The van der Waals surface area contributed by atoms with Crippen molar-refractivity contribution in [2.75, 3.05) is 11.9 Å². The van der Waals surface area contributed by atoms with E-state index in [2.05, 4.69) is 25.5 Å². The lowest BCUT2D eigenvalue weighted by atomic mass is 9.65. The van der Waals surface area contributed by atoms with Gasteiger partial charge in [0.1, 0.15) is 23.5 Å². The van der Waals surface area contributed by atoms with Crippen molar-refractivity contribution in [2.24, 2.45) is 5.73 Å². The highest BCUT2D eigenvalue weighted by molar-refractivity contribution is 5.97. The summed E-state index contributed by atoms with van der Waals surface area (Å²) < 4.78 is 28.0. The van der Waals surface area contributed by atoms with Crippen LogP contribution < -0.4 is 11.1 Å². The van der Waals surface area contributed by atoms with Crippen LogP contribution in [0, 0.1) is 5.82 Å². The number of carbonyl (C=O) groups is 1. The summed E-state index contributed by atoms with van der Waals surface area (Å²) in [5.74, 6) is -0.445. The molecule has 5 rings (SSSR count). The van der Waals surface area contributed by atoms with Crippen LogP contribution in [0.4, 0.5) is 14.6 Å². The second-order valence-electron chi connectivity index (χ2n) is 8.13. The van der Waals surface area contributed by atoms with E-state index in [1.807, 2.05) is 24.3 Å². The van der Waals surface area contributed by atoms with Gasteiger partial charge in [0.25, 0.3) is 5.91 Å². The maximum Gasteiger partial charge on any atom is 0.265 e. The number of hydrogen-bond donors (Lipinski definition) is 3. The molecule has 1 aliphatic rings. The van der Waals surface area contributed by atoms with Crippen molar-refractivity contribution >= 4 is 22.6 Å². The van der Waals surface area contributed by atoms with Gasteiger partial charge >= 0.3 is 0 Å². The number of nitrogens with two attached hydrogens (primary N) is 1. The quantitative estimate of drug-likeness (QED) is 0.428. The van der Waals surface area contributed by atoms with Gasteiger partial charge in [0.15, 0.2) is 0 Å². The molecule has 0 aliphatic heterocycles. The number of amides is 1. The summed E-state index contributed by atoms with van der Waals surface area (Å²) in [6, 6.07) is 13.8. The van der Waals surface area contributed by atoms with E-state index in [1.54, 1.807) is 12.1 Å². The summed E-state index contributed by atoms with van der Waals surface area (Å²) in [4.78, 5) is 18.5. The zero-order valence-electron chi connectivity index (χ0n) is 17.0. The molecule has 1 aliphatic carbocycles. The number of rotatable bonds is 6. The highest BCUT2D eigenvalue weighted by atomic mass is 19.1. The topological polar surface area (TPSA) is 110 Å². The average Bonchev–Trinajstić information content (AvgIpc) is 3.21. The SMILES string of the molecule is NC(=O)c1cc2cc(-c3ccc(NCC4(c5ncccc5F)CC(F)C4)nn3)ccc2[nH]1. The number of aromatic amines is 1. The van der Waals surface area contributed by atoms with Crippen LogP contribution >= 0.6 is 0 Å². The number of primary amides is 1. The van der Waals surface area contributed by atoms with E-state index in [1.165, 1.54) is 18.3 Å². The minimum absolute atomic E-state index is 0.212. The molecule has 0 saturated heterocycles. The molecule has 0 atom stereocenters. The normalized spacial score (nSPS) is 20.1. The summed E-state index contributed by atoms with van der Waals surface area (Å²) in [6.07, 6.45) is 0.978. The number of alkyl halides is 1. The standard InChI is InChI=1S/C23H20F2N6O/c24-15-10-23(11-15,21-16(25)2-1-7-27-21)12-28-20-6-5-18(30-31-20)13-3-4-17-14(8-13)9-19(29-17)22(26)32/h1-9,15,29H,10-12H2,(H2,26,32)(H,28,31). The molecule has 1 amide bonds. The summed E-state index contributed by atoms with van der Waals surface area (Å²) in [6.45, 7) is 0.306. The molecule has 162 valence electrons. The Hall–Kier alpha value is -3.88. The van der Waals surface area contributed by atoms with Crippen LogP contribution in [0.1, 0.15) is 29.0 Å². The molecule has 7 nitrogen and oxygen atoms in total. The average molecular weight is 434 g/mol. The molecule has 0 unspecified atom stereocenters. The predicted molar refractivity (Wildman–Crippen MR) is 116 cm³/mol. The maximum absolute atomic E-state index is 14.3. The number of hydrogen-bond acceptors (Lipinski definition) is 5. The van der Waals surface area contributed by atoms with E-state index in [-0.39, 0.29) is 18.5 Å². The van der Waals surface area contributed by atoms with E-state index >= 15 is 0 Å². The fourth-order valence-electron chi connectivity index (χ4n) is 4.25. The summed E-state index contributed by atoms with van der Waals surface area (Å²) in [7, 11) is 0. The van der Waals surface area contributed by atoms with E-state index < -0.39 is 23.3 Å². The molecule has 1 fully saturated rings. The van der Waals surface area contributed by atoms with Gasteiger partial charge in [-0.15, -0.1) is 10.2 Å². The molecule has 3 heterocycles. The van der Waals surface area contributed by atoms with Gasteiger partial charge in [0, 0.05) is 34.6 Å². The number of fused-ring (bicyclic) bond motifs is 1. The summed E-state index contributed by atoms with van der Waals surface area (Å²) >= 11 is 0. The zero-order valence-corrected chi connectivity index (χ0v) is 17.0. The number of anilines is 1. The largest absolute Gasteiger partial charge is 0.368 e. The number of carbonyl (C=O) groups excluding carboxylic acids is 1. The summed E-state index contributed by atoms with van der Waals surface area (Å²) in [5.41, 5.74) is 7.52. The van der Waals surface area contributed by atoms with Crippen LogP contribution in [0.15, 0.2) is 54.7 Å². The molecule has 32 heavy (non-hydrogen) atoms. The number of halogens is 2. The Morgan fingerprint density at radius 2 is 2.03 bits per heavy atom. The van der Waals surface area contributed by atoms with Gasteiger partial charge in [-0.05, 0) is 55.3 Å². The first-order valence-electron chi connectivity index (χ1n) is 10.2. The lowest BCUT2D eigenvalue weighted by molar-refractivity contribution is 0.0963. The Kier molecular flexibility index (Phi) is 4.80. The Morgan fingerprint density at radius 3 is 2.72 bits per heavy atom. The highest BCUT2D eigenvalue weighted by Gasteiger charge is 2.48. The number of nitrogens with one attached hydrogen (secondary N) is 2. The molecule has 9 heteroatoms. The first-order valence-corrected chi connectivity index (χ1v) is 10.2. The third-order valence-electron chi connectivity index (χ3n) is 5.94. The minimum Gasteiger partial charge on any atom is -0.368 e. The van der Waals surface area contributed by atoms with Crippen molar-refractivity contribution < 1.29 is 13.6 Å². The molecule has 1 aromatic carbocycles. The second kappa shape index (κ2) is 7.67. The van der Waals surface area contributed by atoms with Crippen LogP contribution in [-0.2, 0) is 5.41 Å². The van der Waals surface area contributed by atoms with Gasteiger partial charge in [0.2, 0.25) is 0 Å². The third-order valence-corrected chi connectivity index (χ3v) is 5.94. The number of benzene rings is 1. The van der Waals surface area contributed by atoms with Crippen LogP contribution in [-0.4, -0.2) is 38.8 Å². The molecule has 0 spiro atoms. The highest BCUT2D eigenvalue weighted by Crippen LogP contribution is 2.45. The van der Waals surface area contributed by atoms with Crippen molar-refractivity contribution in [1.82, 2.24) is 20.2 Å². The van der Waals surface area contributed by atoms with E-state index in [9.17, 15) is 13.6 Å². The van der Waals surface area contributed by atoms with Gasteiger partial charge in [-0.2, -0.15) is 0 Å². The van der Waals surface area contributed by atoms with Crippen molar-refractivity contribution in [1.29, 1.82) is 0 Å². The van der Waals surface area contributed by atoms with Gasteiger partial charge in [0.05, 0.1) is 11.4 Å². The molecular weight excluding hydrogens is 414 g/mol. The zero-order chi connectivity index (χ0) is 22.3. The number of nitrogens with zero attached hydrogens (tertiary/aromatic N) is 3. The first kappa shape index (κ1) is 20.0. The fourth-order valence-corrected chi connectivity index (χ4v) is 4.25. The third kappa shape index (κ3) is 3.55. The van der Waals surface area contributed by atoms with Crippen LogP contribution in [0.25, 0.3) is 22.2 Å². The Morgan fingerprint density at radius 1 is 1.19 bits per heavy atom. The van der Waals surface area contributed by atoms with Gasteiger partial charge < -0.3 is 16.0 Å². The van der Waals surface area contributed by atoms with E-state index in [4.69, 9.17) is 5.73 Å². The second-order valence-corrected chi connectivity index (χ2v) is 8.13. The number of pyridine rings is 1. The smallest absolute Gasteiger partial charge is 0.265 e. The van der Waals surface area contributed by atoms with Gasteiger partial charge in [-0.25, -0.2) is 8.78 Å². The number of aromatic nitrogens is 4. The molecule has 3 aromatic heterocycles. The Balaban J connectivity index is 1.33. The molecule has 4 aromatic rings. The van der Waals surface area contributed by atoms with Crippen molar-refractivity contribution in [3.63, 3.8) is 0 Å². The Bertz CT molecular complexity index is 1300. The lowest BCUT2D eigenvalue weighted by Gasteiger charge is -2.44. The first-order chi connectivity index (χ1) is 15.4. The molecular formula is C23H20F2N6O. The molecule has 0 radical (unpaired) electrons. The lowest BCUT2D eigenvalue weighted by Crippen LogP contribution is -2.49. The van der Waals surface area contributed by atoms with E-state index in [0.29, 0.717) is 23.8 Å². The van der Waals surface area contributed by atoms with Crippen molar-refractivity contribution in [3.8, 4) is 11.3 Å². The van der Waals surface area contributed by atoms with Crippen LogP contribution in [0.5, 0.6) is 0 Å².